The number of rotatable bonds is 8. The van der Waals surface area contributed by atoms with E-state index in [9.17, 15) is 14.9 Å². The summed E-state index contributed by atoms with van der Waals surface area (Å²) in [6, 6.07) is 14.7. The first-order valence-electron chi connectivity index (χ1n) is 9.76. The first-order chi connectivity index (χ1) is 15.8. The van der Waals surface area contributed by atoms with Crippen LogP contribution in [0.1, 0.15) is 16.7 Å². The summed E-state index contributed by atoms with van der Waals surface area (Å²) in [7, 11) is 1.51. The molecule has 0 saturated carbocycles. The van der Waals surface area contributed by atoms with Crippen LogP contribution >= 0.6 is 23.2 Å². The molecule has 0 aliphatic heterocycles. The Balaban J connectivity index is 1.70. The Kier molecular flexibility index (Phi) is 7.92. The number of benzene rings is 3. The lowest BCUT2D eigenvalue weighted by molar-refractivity contribution is -0.384. The van der Waals surface area contributed by atoms with Crippen LogP contribution in [0.2, 0.25) is 10.0 Å². The number of carbonyl (C=O) groups excluding carboxylic acids is 1. The van der Waals surface area contributed by atoms with Crippen molar-refractivity contribution in [2.24, 2.45) is 0 Å². The van der Waals surface area contributed by atoms with Crippen molar-refractivity contribution in [1.29, 1.82) is 0 Å². The zero-order valence-electron chi connectivity index (χ0n) is 17.8. The molecule has 0 bridgehead atoms. The summed E-state index contributed by atoms with van der Waals surface area (Å²) >= 11 is 12.4. The molecule has 0 heterocycles. The molecule has 7 nitrogen and oxygen atoms in total. The molecule has 0 fully saturated rings. The van der Waals surface area contributed by atoms with E-state index in [0.29, 0.717) is 43.9 Å². The number of ether oxygens (including phenoxy) is 2. The van der Waals surface area contributed by atoms with Gasteiger partial charge in [0.1, 0.15) is 6.61 Å². The number of nitro groups is 1. The number of hydrogen-bond acceptors (Lipinski definition) is 5. The maximum atomic E-state index is 12.3. The summed E-state index contributed by atoms with van der Waals surface area (Å²) in [6.07, 6.45) is 2.93. The van der Waals surface area contributed by atoms with E-state index in [-0.39, 0.29) is 12.3 Å². The molecule has 1 amide bonds. The van der Waals surface area contributed by atoms with Crippen LogP contribution in [-0.2, 0) is 11.4 Å². The van der Waals surface area contributed by atoms with Crippen molar-refractivity contribution >= 4 is 46.6 Å². The van der Waals surface area contributed by atoms with Gasteiger partial charge in [-0.2, -0.15) is 0 Å². The Morgan fingerprint density at radius 1 is 1.09 bits per heavy atom. The maximum Gasteiger partial charge on any atom is 0.271 e. The molecule has 0 atom stereocenters. The second-order valence-corrected chi connectivity index (χ2v) is 7.79. The normalized spacial score (nSPS) is 10.8. The molecule has 0 unspecified atom stereocenters. The van der Waals surface area contributed by atoms with E-state index in [1.165, 1.54) is 25.3 Å². The SMILES string of the molecule is COc1cc(C=CC(=O)Nc2cc([N+](=O)[O-])ccc2C)ccc1OCc1c(Cl)cccc1Cl. The first-order valence-corrected chi connectivity index (χ1v) is 10.5. The standard InChI is InChI=1S/C24H20Cl2N2O5/c1-15-6-9-17(28(30)31)13-21(15)27-24(29)11-8-16-7-10-22(23(12-16)32-2)33-14-18-19(25)4-3-5-20(18)26/h3-13H,14H2,1-2H3,(H,27,29). The molecule has 3 aromatic carbocycles. The van der Waals surface area contributed by atoms with E-state index >= 15 is 0 Å². The molecule has 0 radical (unpaired) electrons. The van der Waals surface area contributed by atoms with Crippen LogP contribution in [0.5, 0.6) is 11.5 Å². The number of methoxy groups -OCH3 is 1. The highest BCUT2D eigenvalue weighted by Crippen LogP contribution is 2.31. The number of anilines is 1. The molecule has 0 aliphatic carbocycles. The molecule has 33 heavy (non-hydrogen) atoms. The molecule has 9 heteroatoms. The predicted octanol–water partition coefficient (Wildman–Crippen LogP) is 6.45. The minimum atomic E-state index is -0.513. The molecule has 0 aliphatic rings. The molecule has 3 aromatic rings. The lowest BCUT2D eigenvalue weighted by atomic mass is 10.1. The van der Waals surface area contributed by atoms with Crippen molar-refractivity contribution in [3.05, 3.63) is 97.5 Å². The van der Waals surface area contributed by atoms with Crippen molar-refractivity contribution in [2.75, 3.05) is 12.4 Å². The van der Waals surface area contributed by atoms with Gasteiger partial charge in [0.05, 0.1) is 17.7 Å². The van der Waals surface area contributed by atoms with Crippen molar-refractivity contribution in [3.8, 4) is 11.5 Å². The highest BCUT2D eigenvalue weighted by atomic mass is 35.5. The molecular weight excluding hydrogens is 467 g/mol. The monoisotopic (exact) mass is 486 g/mol. The van der Waals surface area contributed by atoms with Crippen molar-refractivity contribution in [2.45, 2.75) is 13.5 Å². The lowest BCUT2D eigenvalue weighted by Gasteiger charge is -2.13. The summed E-state index contributed by atoms with van der Waals surface area (Å²) in [5.74, 6) is 0.531. The number of carbonyl (C=O) groups is 1. The number of aryl methyl sites for hydroxylation is 1. The van der Waals surface area contributed by atoms with Crippen molar-refractivity contribution in [1.82, 2.24) is 0 Å². The third-order valence-electron chi connectivity index (χ3n) is 4.74. The molecule has 3 rings (SSSR count). The van der Waals surface area contributed by atoms with Crippen molar-refractivity contribution in [3.63, 3.8) is 0 Å². The first kappa shape index (κ1) is 24.1. The Hall–Kier alpha value is -3.55. The van der Waals surface area contributed by atoms with E-state index in [4.69, 9.17) is 32.7 Å². The van der Waals surface area contributed by atoms with Gasteiger partial charge in [0.15, 0.2) is 11.5 Å². The Morgan fingerprint density at radius 2 is 1.82 bits per heavy atom. The molecule has 0 spiro atoms. The van der Waals surface area contributed by atoms with Gasteiger partial charge in [0, 0.05) is 33.8 Å². The zero-order chi connectivity index (χ0) is 24.0. The fourth-order valence-electron chi connectivity index (χ4n) is 2.93. The number of nitrogens with one attached hydrogen (secondary N) is 1. The lowest BCUT2D eigenvalue weighted by Crippen LogP contribution is -2.09. The summed E-state index contributed by atoms with van der Waals surface area (Å²) in [5, 5.41) is 14.6. The van der Waals surface area contributed by atoms with Crippen LogP contribution in [0.3, 0.4) is 0 Å². The number of amides is 1. The van der Waals surface area contributed by atoms with Crippen LogP contribution < -0.4 is 14.8 Å². The summed E-state index contributed by atoms with van der Waals surface area (Å²) in [5.41, 5.74) is 2.35. The van der Waals surface area contributed by atoms with Crippen LogP contribution in [0, 0.1) is 17.0 Å². The van der Waals surface area contributed by atoms with Gasteiger partial charge < -0.3 is 14.8 Å². The highest BCUT2D eigenvalue weighted by molar-refractivity contribution is 6.35. The highest BCUT2D eigenvalue weighted by Gasteiger charge is 2.11. The molecule has 0 aromatic heterocycles. The van der Waals surface area contributed by atoms with E-state index in [1.54, 1.807) is 55.5 Å². The predicted molar refractivity (Wildman–Crippen MR) is 129 cm³/mol. The topological polar surface area (TPSA) is 90.7 Å². The third kappa shape index (κ3) is 6.25. The number of hydrogen-bond donors (Lipinski definition) is 1. The van der Waals surface area contributed by atoms with Crippen LogP contribution in [-0.4, -0.2) is 17.9 Å². The zero-order valence-corrected chi connectivity index (χ0v) is 19.3. The number of halogens is 2. The fraction of sp³-hybridized carbons (Fsp3) is 0.125. The van der Waals surface area contributed by atoms with Gasteiger partial charge in [-0.15, -0.1) is 0 Å². The van der Waals surface area contributed by atoms with Gasteiger partial charge in [0.25, 0.3) is 5.69 Å². The summed E-state index contributed by atoms with van der Waals surface area (Å²) < 4.78 is 11.2. The Bertz CT molecular complexity index is 1210. The van der Waals surface area contributed by atoms with Gasteiger partial charge in [-0.05, 0) is 48.4 Å². The largest absolute Gasteiger partial charge is 0.493 e. The van der Waals surface area contributed by atoms with E-state index in [0.717, 1.165) is 0 Å². The van der Waals surface area contributed by atoms with Gasteiger partial charge >= 0.3 is 0 Å². The number of nitro benzene ring substituents is 1. The molecule has 170 valence electrons. The van der Waals surface area contributed by atoms with Crippen LogP contribution in [0.25, 0.3) is 6.08 Å². The van der Waals surface area contributed by atoms with Gasteiger partial charge in [0.2, 0.25) is 5.91 Å². The molecule has 0 saturated heterocycles. The average Bonchev–Trinajstić information content (AvgIpc) is 2.79. The molecule has 1 N–H and O–H groups in total. The van der Waals surface area contributed by atoms with E-state index < -0.39 is 10.8 Å². The summed E-state index contributed by atoms with van der Waals surface area (Å²) in [6.45, 7) is 1.91. The fourth-order valence-corrected chi connectivity index (χ4v) is 3.44. The maximum absolute atomic E-state index is 12.3. The second-order valence-electron chi connectivity index (χ2n) is 6.98. The average molecular weight is 487 g/mol. The minimum Gasteiger partial charge on any atom is -0.493 e. The van der Waals surface area contributed by atoms with Gasteiger partial charge in [-0.1, -0.05) is 41.4 Å². The minimum absolute atomic E-state index is 0.0988. The van der Waals surface area contributed by atoms with E-state index in [2.05, 4.69) is 5.32 Å². The van der Waals surface area contributed by atoms with Crippen molar-refractivity contribution < 1.29 is 19.2 Å². The Labute approximate surface area is 200 Å². The smallest absolute Gasteiger partial charge is 0.271 e. The van der Waals surface area contributed by atoms with Crippen LogP contribution in [0.4, 0.5) is 11.4 Å². The quantitative estimate of drug-likeness (QED) is 0.224. The van der Waals surface area contributed by atoms with Gasteiger partial charge in [-0.3, -0.25) is 14.9 Å². The third-order valence-corrected chi connectivity index (χ3v) is 5.45. The van der Waals surface area contributed by atoms with E-state index in [1.807, 2.05) is 0 Å². The Morgan fingerprint density at radius 3 is 2.48 bits per heavy atom. The molecular formula is C24H20Cl2N2O5. The van der Waals surface area contributed by atoms with Gasteiger partial charge in [-0.25, -0.2) is 0 Å². The van der Waals surface area contributed by atoms with Crippen LogP contribution in [0.15, 0.2) is 60.7 Å². The summed E-state index contributed by atoms with van der Waals surface area (Å²) in [4.78, 5) is 22.8. The second kappa shape index (κ2) is 10.8. The number of non-ortho nitro benzene ring substituents is 1. The number of nitrogens with zero attached hydrogens (tertiary/aromatic N) is 1.